The van der Waals surface area contributed by atoms with E-state index in [0.717, 1.165) is 5.56 Å². The van der Waals surface area contributed by atoms with Crippen molar-refractivity contribution in [3.05, 3.63) is 35.9 Å². The number of nitrogen functional groups attached to an aromatic ring is 1. The zero-order valence-corrected chi connectivity index (χ0v) is 5.67. The maximum atomic E-state index is 7.01. The van der Waals surface area contributed by atoms with E-state index in [2.05, 4.69) is 0 Å². The average Bonchev–Trinajstić information content (AvgIpc) is 1.90. The van der Waals surface area contributed by atoms with Gasteiger partial charge in [-0.3, -0.25) is 5.41 Å². The van der Waals surface area contributed by atoms with E-state index in [0.29, 0.717) is 0 Å². The molecule has 1 rings (SSSR count). The van der Waals surface area contributed by atoms with Gasteiger partial charge in [0, 0.05) is 11.7 Å². The molecule has 3 N–H and O–H groups in total. The third-order valence-corrected chi connectivity index (χ3v) is 1.08. The van der Waals surface area contributed by atoms with Crippen molar-refractivity contribution >= 4 is 5.84 Å². The maximum Gasteiger partial charge on any atom is 0.122 e. The molecule has 3 heteroatoms. The topological polar surface area (TPSA) is 49.9 Å². The summed E-state index contributed by atoms with van der Waals surface area (Å²) in [7, 11) is 0. The van der Waals surface area contributed by atoms with Crippen LogP contribution < -0.4 is 5.73 Å². The molecule has 0 aromatic heterocycles. The van der Waals surface area contributed by atoms with Crippen LogP contribution >= 0.6 is 0 Å². The number of amidine groups is 1. The first-order valence-electron chi connectivity index (χ1n) is 2.70. The quantitative estimate of drug-likeness (QED) is 0.425. The molecule has 0 spiro atoms. The standard InChI is InChI=1S/C7H8N2.He/c8-7(9)6-4-2-1-3-5-6;/h1-5H,(H3,8,9);. The van der Waals surface area contributed by atoms with E-state index in [1.807, 2.05) is 30.3 Å². The first-order valence-corrected chi connectivity index (χ1v) is 2.70. The minimum atomic E-state index is 0. The van der Waals surface area contributed by atoms with E-state index in [-0.39, 0.29) is 12.0 Å². The van der Waals surface area contributed by atoms with Gasteiger partial charge < -0.3 is 5.73 Å². The molecule has 0 atom stereocenters. The van der Waals surface area contributed by atoms with Gasteiger partial charge in [-0.05, 0) is 0 Å². The predicted molar refractivity (Wildman–Crippen MR) is 37.5 cm³/mol. The summed E-state index contributed by atoms with van der Waals surface area (Å²) in [5, 5.41) is 7.01. The molecule has 0 heterocycles. The SMILES string of the molecule is N=C(N)c1ccccc1.[He]. The Bertz CT molecular complexity index is 208. The Kier molecular flexibility index (Phi) is 3.09. The molecule has 0 amide bonds. The summed E-state index contributed by atoms with van der Waals surface area (Å²) < 4.78 is 0. The molecule has 0 aliphatic rings. The van der Waals surface area contributed by atoms with Crippen LogP contribution in [0.5, 0.6) is 0 Å². The second-order valence-electron chi connectivity index (χ2n) is 1.78. The number of nitrogens with one attached hydrogen (secondary N) is 1. The Balaban J connectivity index is 0.000000810. The summed E-state index contributed by atoms with van der Waals surface area (Å²) in [6, 6.07) is 9.23. The molecule has 0 saturated heterocycles. The van der Waals surface area contributed by atoms with Gasteiger partial charge in [0.05, 0.1) is 0 Å². The summed E-state index contributed by atoms with van der Waals surface area (Å²) in [5.41, 5.74) is 5.97. The number of hydrogen-bond donors (Lipinski definition) is 2. The van der Waals surface area contributed by atoms with Crippen LogP contribution in [0.15, 0.2) is 30.3 Å². The number of nitrogens with two attached hydrogens (primary N) is 1. The second-order valence-corrected chi connectivity index (χ2v) is 1.78. The van der Waals surface area contributed by atoms with Gasteiger partial charge in [0.25, 0.3) is 0 Å². The van der Waals surface area contributed by atoms with Crippen LogP contribution in [0.1, 0.15) is 5.56 Å². The van der Waals surface area contributed by atoms with Crippen LogP contribution in [0.4, 0.5) is 0 Å². The van der Waals surface area contributed by atoms with Gasteiger partial charge >= 0.3 is 0 Å². The molecule has 2 nitrogen and oxygen atoms in total. The van der Waals surface area contributed by atoms with Crippen LogP contribution in [0.3, 0.4) is 0 Å². The zero-order valence-electron chi connectivity index (χ0n) is 5.67. The van der Waals surface area contributed by atoms with Crippen molar-refractivity contribution < 1.29 is 6.15 Å². The molecule has 1 aromatic carbocycles. The van der Waals surface area contributed by atoms with E-state index in [4.69, 9.17) is 11.1 Å². The third kappa shape index (κ3) is 1.84. The van der Waals surface area contributed by atoms with Crippen LogP contribution in [0.2, 0.25) is 0 Å². The Labute approximate surface area is 60.0 Å². The molecule has 0 aliphatic carbocycles. The fourth-order valence-corrected chi connectivity index (χ4v) is 0.618. The monoisotopic (exact) mass is 124 g/mol. The van der Waals surface area contributed by atoms with Gasteiger partial charge in [0.2, 0.25) is 0 Å². The van der Waals surface area contributed by atoms with Gasteiger partial charge in [0.15, 0.2) is 0 Å². The van der Waals surface area contributed by atoms with Crippen LogP contribution in [0.25, 0.3) is 0 Å². The van der Waals surface area contributed by atoms with E-state index in [1.54, 1.807) is 0 Å². The fourth-order valence-electron chi connectivity index (χ4n) is 0.618. The first-order chi connectivity index (χ1) is 4.30. The summed E-state index contributed by atoms with van der Waals surface area (Å²) in [6.45, 7) is 0. The number of rotatable bonds is 1. The Morgan fingerprint density at radius 1 is 1.20 bits per heavy atom. The van der Waals surface area contributed by atoms with Crippen molar-refractivity contribution in [2.24, 2.45) is 5.73 Å². The van der Waals surface area contributed by atoms with E-state index < -0.39 is 0 Å². The molecule has 0 bridgehead atoms. The van der Waals surface area contributed by atoms with E-state index >= 15 is 0 Å². The van der Waals surface area contributed by atoms with Crippen LogP contribution in [-0.4, -0.2) is 5.84 Å². The van der Waals surface area contributed by atoms with Crippen molar-refractivity contribution in [3.63, 3.8) is 0 Å². The van der Waals surface area contributed by atoms with Gasteiger partial charge in [0.1, 0.15) is 5.84 Å². The normalized spacial score (nSPS) is 8.00. The second kappa shape index (κ2) is 3.59. The molecule has 0 radical (unpaired) electrons. The van der Waals surface area contributed by atoms with Crippen molar-refractivity contribution in [3.8, 4) is 0 Å². The molecule has 0 fully saturated rings. The van der Waals surface area contributed by atoms with Gasteiger partial charge in [-0.2, -0.15) is 0 Å². The van der Waals surface area contributed by atoms with Crippen LogP contribution in [0, 0.1) is 11.6 Å². The Morgan fingerprint density at radius 2 is 1.70 bits per heavy atom. The molecule has 10 heavy (non-hydrogen) atoms. The van der Waals surface area contributed by atoms with Crippen molar-refractivity contribution in [1.82, 2.24) is 0 Å². The zero-order chi connectivity index (χ0) is 6.69. The molecular formula is C7H8HeN2. The number of hydrogen-bond acceptors (Lipinski definition) is 1. The molecule has 0 aliphatic heterocycles. The molecule has 1 aromatic rings. The Hall–Kier alpha value is -1.40. The number of benzene rings is 1. The first kappa shape index (κ1) is 8.60. The van der Waals surface area contributed by atoms with Crippen LogP contribution in [-0.2, 0) is 0 Å². The smallest absolute Gasteiger partial charge is 0.122 e. The Morgan fingerprint density at radius 3 is 2.00 bits per heavy atom. The minimum absolute atomic E-state index is 0. The summed E-state index contributed by atoms with van der Waals surface area (Å²) in [6.07, 6.45) is 0. The van der Waals surface area contributed by atoms with Gasteiger partial charge in [-0.1, -0.05) is 30.3 Å². The van der Waals surface area contributed by atoms with Crippen molar-refractivity contribution in [2.45, 2.75) is 0 Å². The predicted octanol–water partition coefficient (Wildman–Crippen LogP) is 0.971. The van der Waals surface area contributed by atoms with Crippen molar-refractivity contribution in [1.29, 1.82) is 5.41 Å². The fraction of sp³-hybridized carbons (Fsp3) is 0. The summed E-state index contributed by atoms with van der Waals surface area (Å²) in [4.78, 5) is 0. The summed E-state index contributed by atoms with van der Waals surface area (Å²) >= 11 is 0. The molecular weight excluding hydrogens is 116 g/mol. The van der Waals surface area contributed by atoms with Gasteiger partial charge in [-0.15, -0.1) is 0 Å². The average molecular weight is 124 g/mol. The third-order valence-electron chi connectivity index (χ3n) is 1.08. The van der Waals surface area contributed by atoms with E-state index in [1.165, 1.54) is 0 Å². The largest absolute Gasteiger partial charge is 0.384 e. The molecule has 0 unspecified atom stereocenters. The van der Waals surface area contributed by atoms with Crippen molar-refractivity contribution in [2.75, 3.05) is 0 Å². The minimum Gasteiger partial charge on any atom is -0.384 e. The molecule has 0 saturated carbocycles. The van der Waals surface area contributed by atoms with Gasteiger partial charge in [-0.25, -0.2) is 0 Å². The maximum absolute atomic E-state index is 7.01. The van der Waals surface area contributed by atoms with E-state index in [9.17, 15) is 0 Å². The summed E-state index contributed by atoms with van der Waals surface area (Å²) in [5.74, 6) is 0.121. The molecule has 48 valence electrons.